The van der Waals surface area contributed by atoms with Crippen LogP contribution in [0.2, 0.25) is 0 Å². The molecule has 1 aromatic rings. The Morgan fingerprint density at radius 3 is 2.78 bits per heavy atom. The third kappa shape index (κ3) is 6.72. The molecule has 0 spiro atoms. The van der Waals surface area contributed by atoms with Gasteiger partial charge < -0.3 is 10.2 Å². The van der Waals surface area contributed by atoms with Crippen LogP contribution in [0.25, 0.3) is 0 Å². The van der Waals surface area contributed by atoms with Gasteiger partial charge in [0.1, 0.15) is 5.82 Å². The smallest absolute Gasteiger partial charge is 0.123 e. The molecule has 2 nitrogen and oxygen atoms in total. The highest BCUT2D eigenvalue weighted by molar-refractivity contribution is 5.15. The monoisotopic (exact) mass is 252 g/mol. The maximum absolute atomic E-state index is 13.0. The topological polar surface area (TPSA) is 15.3 Å². The molecule has 0 saturated carbocycles. The highest BCUT2D eigenvalue weighted by atomic mass is 19.1. The standard InChI is InChI=1S/C15H25FN2/c1-13(2)11-17-8-5-9-18(3)12-14-6-4-7-15(16)10-14/h4,6-7,10,13,17H,5,8-9,11-12H2,1-3H3. The maximum atomic E-state index is 13.0. The predicted octanol–water partition coefficient (Wildman–Crippen LogP) is 2.89. The lowest BCUT2D eigenvalue weighted by Crippen LogP contribution is -2.26. The lowest BCUT2D eigenvalue weighted by atomic mass is 10.2. The molecule has 0 unspecified atom stereocenters. The van der Waals surface area contributed by atoms with Crippen molar-refractivity contribution >= 4 is 0 Å². The van der Waals surface area contributed by atoms with Crippen LogP contribution in [0, 0.1) is 11.7 Å². The summed E-state index contributed by atoms with van der Waals surface area (Å²) in [7, 11) is 2.08. The number of benzene rings is 1. The van der Waals surface area contributed by atoms with Crippen LogP contribution in [0.1, 0.15) is 25.8 Å². The van der Waals surface area contributed by atoms with Crippen LogP contribution in [0.3, 0.4) is 0 Å². The fourth-order valence-electron chi connectivity index (χ4n) is 1.89. The zero-order valence-corrected chi connectivity index (χ0v) is 11.7. The summed E-state index contributed by atoms with van der Waals surface area (Å²) in [4.78, 5) is 2.23. The number of rotatable bonds is 8. The van der Waals surface area contributed by atoms with Crippen molar-refractivity contribution in [3.8, 4) is 0 Å². The van der Waals surface area contributed by atoms with Crippen LogP contribution in [0.5, 0.6) is 0 Å². The molecule has 3 heteroatoms. The second-order valence-electron chi connectivity index (χ2n) is 5.32. The summed E-state index contributed by atoms with van der Waals surface area (Å²) in [5.41, 5.74) is 1.03. The van der Waals surface area contributed by atoms with E-state index in [9.17, 15) is 4.39 Å². The third-order valence-corrected chi connectivity index (χ3v) is 2.79. The first-order valence-electron chi connectivity index (χ1n) is 6.71. The summed E-state index contributed by atoms with van der Waals surface area (Å²) in [5.74, 6) is 0.550. The zero-order valence-electron chi connectivity index (χ0n) is 11.7. The molecular weight excluding hydrogens is 227 g/mol. The van der Waals surface area contributed by atoms with Crippen molar-refractivity contribution in [3.63, 3.8) is 0 Å². The second-order valence-corrected chi connectivity index (χ2v) is 5.32. The molecule has 1 N–H and O–H groups in total. The molecule has 0 heterocycles. The minimum atomic E-state index is -0.153. The van der Waals surface area contributed by atoms with Gasteiger partial charge in [0, 0.05) is 6.54 Å². The van der Waals surface area contributed by atoms with Gasteiger partial charge in [0.2, 0.25) is 0 Å². The quantitative estimate of drug-likeness (QED) is 0.716. The molecule has 1 aromatic carbocycles. The van der Waals surface area contributed by atoms with Crippen LogP contribution >= 0.6 is 0 Å². The van der Waals surface area contributed by atoms with Crippen molar-refractivity contribution in [1.82, 2.24) is 10.2 Å². The highest BCUT2D eigenvalue weighted by Crippen LogP contribution is 2.06. The van der Waals surface area contributed by atoms with Gasteiger partial charge in [-0.1, -0.05) is 26.0 Å². The van der Waals surface area contributed by atoms with E-state index in [0.717, 1.165) is 38.2 Å². The molecule has 18 heavy (non-hydrogen) atoms. The van der Waals surface area contributed by atoms with E-state index < -0.39 is 0 Å². The van der Waals surface area contributed by atoms with Crippen LogP contribution in [-0.4, -0.2) is 31.6 Å². The van der Waals surface area contributed by atoms with Crippen molar-refractivity contribution in [2.24, 2.45) is 5.92 Å². The van der Waals surface area contributed by atoms with Gasteiger partial charge in [-0.05, 0) is 56.7 Å². The average Bonchev–Trinajstić information content (AvgIpc) is 2.28. The predicted molar refractivity (Wildman–Crippen MR) is 75.1 cm³/mol. The minimum Gasteiger partial charge on any atom is -0.316 e. The first-order chi connectivity index (χ1) is 8.58. The van der Waals surface area contributed by atoms with E-state index >= 15 is 0 Å². The normalized spacial score (nSPS) is 11.4. The summed E-state index contributed by atoms with van der Waals surface area (Å²) >= 11 is 0. The Bertz CT molecular complexity index is 339. The fraction of sp³-hybridized carbons (Fsp3) is 0.600. The van der Waals surface area contributed by atoms with E-state index in [1.807, 2.05) is 6.07 Å². The minimum absolute atomic E-state index is 0.153. The van der Waals surface area contributed by atoms with Gasteiger partial charge in [-0.2, -0.15) is 0 Å². The van der Waals surface area contributed by atoms with Gasteiger partial charge >= 0.3 is 0 Å². The molecule has 0 bridgehead atoms. The van der Waals surface area contributed by atoms with E-state index in [2.05, 4.69) is 31.1 Å². The van der Waals surface area contributed by atoms with Gasteiger partial charge in [0.25, 0.3) is 0 Å². The Kier molecular flexibility index (Phi) is 6.91. The molecule has 0 aliphatic heterocycles. The number of nitrogens with zero attached hydrogens (tertiary/aromatic N) is 1. The van der Waals surface area contributed by atoms with Gasteiger partial charge in [0.15, 0.2) is 0 Å². The Labute approximate surface area is 110 Å². The van der Waals surface area contributed by atoms with Crippen LogP contribution in [0.15, 0.2) is 24.3 Å². The molecule has 0 saturated heterocycles. The maximum Gasteiger partial charge on any atom is 0.123 e. The van der Waals surface area contributed by atoms with E-state index in [4.69, 9.17) is 0 Å². The van der Waals surface area contributed by atoms with Gasteiger partial charge in [-0.15, -0.1) is 0 Å². The van der Waals surface area contributed by atoms with Crippen molar-refractivity contribution < 1.29 is 4.39 Å². The molecule has 1 rings (SSSR count). The van der Waals surface area contributed by atoms with E-state index in [1.165, 1.54) is 6.07 Å². The Hall–Kier alpha value is -0.930. The molecule has 0 fully saturated rings. The molecule has 0 atom stereocenters. The Balaban J connectivity index is 2.16. The largest absolute Gasteiger partial charge is 0.316 e. The van der Waals surface area contributed by atoms with Crippen LogP contribution in [0.4, 0.5) is 4.39 Å². The number of hydrogen-bond acceptors (Lipinski definition) is 2. The summed E-state index contributed by atoms with van der Waals surface area (Å²) in [6.45, 7) is 8.38. The van der Waals surface area contributed by atoms with Crippen molar-refractivity contribution in [1.29, 1.82) is 0 Å². The lowest BCUT2D eigenvalue weighted by molar-refractivity contribution is 0.318. The van der Waals surface area contributed by atoms with Gasteiger partial charge in [0.05, 0.1) is 0 Å². The first-order valence-corrected chi connectivity index (χ1v) is 6.71. The average molecular weight is 252 g/mol. The van der Waals surface area contributed by atoms with Crippen molar-refractivity contribution in [2.45, 2.75) is 26.8 Å². The van der Waals surface area contributed by atoms with Crippen molar-refractivity contribution in [2.75, 3.05) is 26.7 Å². The van der Waals surface area contributed by atoms with Gasteiger partial charge in [-0.25, -0.2) is 4.39 Å². The Morgan fingerprint density at radius 1 is 1.33 bits per heavy atom. The van der Waals surface area contributed by atoms with E-state index in [-0.39, 0.29) is 5.82 Å². The van der Waals surface area contributed by atoms with Gasteiger partial charge in [-0.3, -0.25) is 0 Å². The molecule has 102 valence electrons. The third-order valence-electron chi connectivity index (χ3n) is 2.79. The Morgan fingerprint density at radius 2 is 2.11 bits per heavy atom. The summed E-state index contributed by atoms with van der Waals surface area (Å²) in [6, 6.07) is 6.83. The molecule has 0 amide bonds. The molecule has 0 radical (unpaired) electrons. The van der Waals surface area contributed by atoms with Crippen LogP contribution in [-0.2, 0) is 6.54 Å². The molecule has 0 aromatic heterocycles. The zero-order chi connectivity index (χ0) is 13.4. The highest BCUT2D eigenvalue weighted by Gasteiger charge is 2.01. The van der Waals surface area contributed by atoms with E-state index in [0.29, 0.717) is 5.92 Å². The number of halogens is 1. The number of nitrogens with one attached hydrogen (secondary N) is 1. The molecule has 0 aliphatic carbocycles. The number of hydrogen-bond donors (Lipinski definition) is 1. The molecular formula is C15H25FN2. The fourth-order valence-corrected chi connectivity index (χ4v) is 1.89. The molecule has 0 aliphatic rings. The SMILES string of the molecule is CC(C)CNCCCN(C)Cc1cccc(F)c1. The second kappa shape index (κ2) is 8.22. The van der Waals surface area contributed by atoms with Crippen molar-refractivity contribution in [3.05, 3.63) is 35.6 Å². The summed E-state index contributed by atoms with van der Waals surface area (Å²) in [5, 5.41) is 3.43. The summed E-state index contributed by atoms with van der Waals surface area (Å²) < 4.78 is 13.0. The lowest BCUT2D eigenvalue weighted by Gasteiger charge is -2.17. The first kappa shape index (κ1) is 15.1. The van der Waals surface area contributed by atoms with Crippen LogP contribution < -0.4 is 5.32 Å². The summed E-state index contributed by atoms with van der Waals surface area (Å²) in [6.07, 6.45) is 1.12. The van der Waals surface area contributed by atoms with E-state index in [1.54, 1.807) is 12.1 Å².